The molecule has 2 atom stereocenters. The molecule has 0 radical (unpaired) electrons. The Labute approximate surface area is 138 Å². The van der Waals surface area contributed by atoms with Crippen molar-refractivity contribution >= 4 is 12.0 Å². The maximum absolute atomic E-state index is 12.2. The zero-order valence-corrected chi connectivity index (χ0v) is 14.2. The number of nitrogens with zero attached hydrogens (tertiary/aromatic N) is 2. The van der Waals surface area contributed by atoms with Crippen molar-refractivity contribution in [2.75, 3.05) is 6.54 Å². The maximum atomic E-state index is 12.2. The van der Waals surface area contributed by atoms with Crippen LogP contribution in [0.4, 0.5) is 0 Å². The predicted octanol–water partition coefficient (Wildman–Crippen LogP) is 3.45. The molecule has 2 heterocycles. The van der Waals surface area contributed by atoms with Gasteiger partial charge in [-0.3, -0.25) is 4.79 Å². The number of hydrazine groups is 1. The summed E-state index contributed by atoms with van der Waals surface area (Å²) >= 11 is 0. The summed E-state index contributed by atoms with van der Waals surface area (Å²) in [5, 5.41) is 4.06. The Bertz CT molecular complexity index is 577. The molecule has 0 N–H and O–H groups in total. The molecule has 124 valence electrons. The van der Waals surface area contributed by atoms with Gasteiger partial charge in [0.1, 0.15) is 6.23 Å². The number of hydrogen-bond donors (Lipinski definition) is 0. The topological polar surface area (TPSA) is 32.8 Å². The quantitative estimate of drug-likeness (QED) is 0.853. The molecule has 0 spiro atoms. The van der Waals surface area contributed by atoms with Crippen LogP contribution in [0, 0.1) is 0 Å². The van der Waals surface area contributed by atoms with Crippen LogP contribution in [0.1, 0.15) is 45.6 Å². The van der Waals surface area contributed by atoms with Crippen LogP contribution in [0.3, 0.4) is 0 Å². The Hall–Kier alpha value is -1.65. The predicted molar refractivity (Wildman–Crippen MR) is 91.3 cm³/mol. The molecule has 0 aliphatic carbocycles. The van der Waals surface area contributed by atoms with Gasteiger partial charge in [-0.2, -0.15) is 0 Å². The molecule has 2 aliphatic heterocycles. The molecule has 4 nitrogen and oxygen atoms in total. The zero-order valence-electron chi connectivity index (χ0n) is 14.2. The van der Waals surface area contributed by atoms with E-state index < -0.39 is 0 Å². The van der Waals surface area contributed by atoms with Gasteiger partial charge in [-0.05, 0) is 32.8 Å². The van der Waals surface area contributed by atoms with Crippen LogP contribution in [0.2, 0.25) is 0 Å². The van der Waals surface area contributed by atoms with Crippen LogP contribution in [0.25, 0.3) is 6.08 Å². The molecule has 2 aliphatic rings. The fraction of sp³-hybridized carbons (Fsp3) is 0.526. The fourth-order valence-electron chi connectivity index (χ4n) is 3.36. The second-order valence-electron chi connectivity index (χ2n) is 7.27. The Morgan fingerprint density at radius 3 is 2.70 bits per heavy atom. The summed E-state index contributed by atoms with van der Waals surface area (Å²) in [4.78, 5) is 12.2. The summed E-state index contributed by atoms with van der Waals surface area (Å²) in [6, 6.07) is 10.7. The van der Waals surface area contributed by atoms with Gasteiger partial charge in [0.25, 0.3) is 0 Å². The maximum Gasteiger partial charge on any atom is 0.240 e. The van der Waals surface area contributed by atoms with Crippen molar-refractivity contribution in [2.45, 2.75) is 57.9 Å². The minimum Gasteiger partial charge on any atom is -0.351 e. The first-order chi connectivity index (χ1) is 10.9. The smallest absolute Gasteiger partial charge is 0.240 e. The van der Waals surface area contributed by atoms with E-state index in [1.807, 2.05) is 44.0 Å². The molecule has 4 heteroatoms. The molecule has 1 amide bonds. The molecule has 2 fully saturated rings. The lowest BCUT2D eigenvalue weighted by Crippen LogP contribution is -2.43. The van der Waals surface area contributed by atoms with Gasteiger partial charge < -0.3 is 4.74 Å². The molecular weight excluding hydrogens is 288 g/mol. The number of fused-ring (bicyclic) bond motifs is 1. The van der Waals surface area contributed by atoms with Crippen LogP contribution in [0.5, 0.6) is 0 Å². The van der Waals surface area contributed by atoms with Gasteiger partial charge in [0, 0.05) is 25.4 Å². The van der Waals surface area contributed by atoms with E-state index in [4.69, 9.17) is 4.74 Å². The van der Waals surface area contributed by atoms with Crippen molar-refractivity contribution < 1.29 is 9.53 Å². The van der Waals surface area contributed by atoms with Crippen LogP contribution in [-0.4, -0.2) is 40.3 Å². The summed E-state index contributed by atoms with van der Waals surface area (Å²) in [7, 11) is 0. The number of carbonyl (C=O) groups is 1. The van der Waals surface area contributed by atoms with Crippen LogP contribution in [-0.2, 0) is 9.53 Å². The van der Waals surface area contributed by atoms with E-state index in [1.54, 1.807) is 0 Å². The van der Waals surface area contributed by atoms with Crippen LogP contribution in [0.15, 0.2) is 36.4 Å². The summed E-state index contributed by atoms with van der Waals surface area (Å²) in [6.07, 6.45) is 6.65. The summed E-state index contributed by atoms with van der Waals surface area (Å²) < 4.78 is 6.12. The van der Waals surface area contributed by atoms with Crippen LogP contribution >= 0.6 is 0 Å². The van der Waals surface area contributed by atoms with Gasteiger partial charge in [0.2, 0.25) is 5.91 Å². The molecule has 0 unspecified atom stereocenters. The third-order valence-corrected chi connectivity index (χ3v) is 4.26. The van der Waals surface area contributed by atoms with Gasteiger partial charge in [-0.25, -0.2) is 10.0 Å². The minimum atomic E-state index is -0.242. The molecule has 0 bridgehead atoms. The second-order valence-corrected chi connectivity index (χ2v) is 7.27. The number of amides is 1. The van der Waals surface area contributed by atoms with Crippen molar-refractivity contribution in [1.29, 1.82) is 0 Å². The monoisotopic (exact) mass is 314 g/mol. The highest BCUT2D eigenvalue weighted by molar-refractivity contribution is 5.78. The Balaban J connectivity index is 1.66. The van der Waals surface area contributed by atoms with Gasteiger partial charge in [-0.15, -0.1) is 0 Å². The van der Waals surface area contributed by atoms with Crippen molar-refractivity contribution in [3.63, 3.8) is 0 Å². The molecule has 1 aromatic carbocycles. The molecule has 3 rings (SSSR count). The Morgan fingerprint density at radius 1 is 1.26 bits per heavy atom. The van der Waals surface area contributed by atoms with Gasteiger partial charge >= 0.3 is 0 Å². The SMILES string of the molecule is CC(C)(C)O[C@@H]1C[C@H](C/C=C/c2ccccc2)N2CCC(=O)N12. The Morgan fingerprint density at radius 2 is 2.00 bits per heavy atom. The lowest BCUT2D eigenvalue weighted by atomic mass is 10.1. The number of hydrogen-bond acceptors (Lipinski definition) is 3. The number of carbonyl (C=O) groups excluding carboxylic acids is 1. The number of rotatable bonds is 4. The largest absolute Gasteiger partial charge is 0.351 e. The van der Waals surface area contributed by atoms with E-state index >= 15 is 0 Å². The highest BCUT2D eigenvalue weighted by Gasteiger charge is 2.46. The van der Waals surface area contributed by atoms with E-state index in [0.717, 1.165) is 19.4 Å². The third kappa shape index (κ3) is 3.82. The molecule has 2 saturated heterocycles. The first-order valence-corrected chi connectivity index (χ1v) is 8.42. The van der Waals surface area contributed by atoms with E-state index in [0.29, 0.717) is 12.5 Å². The summed E-state index contributed by atoms with van der Waals surface area (Å²) in [5.41, 5.74) is 0.968. The van der Waals surface area contributed by atoms with E-state index in [-0.39, 0.29) is 17.7 Å². The van der Waals surface area contributed by atoms with E-state index in [2.05, 4.69) is 29.3 Å². The van der Waals surface area contributed by atoms with E-state index in [1.165, 1.54) is 5.56 Å². The highest BCUT2D eigenvalue weighted by Crippen LogP contribution is 2.34. The fourth-order valence-corrected chi connectivity index (χ4v) is 3.36. The molecule has 1 aromatic rings. The van der Waals surface area contributed by atoms with Gasteiger partial charge in [-0.1, -0.05) is 42.5 Å². The highest BCUT2D eigenvalue weighted by atomic mass is 16.5. The standard InChI is InChI=1S/C19H26N2O2/c1-19(2,3)23-18-14-16(20-13-12-17(22)21(18)20)11-7-10-15-8-5-4-6-9-15/h4-10,16,18H,11-14H2,1-3H3/b10-7+/t16-,18+/m0/s1. The lowest BCUT2D eigenvalue weighted by molar-refractivity contribution is -0.172. The number of benzene rings is 1. The molecule has 0 aromatic heterocycles. The van der Waals surface area contributed by atoms with Gasteiger partial charge in [0.15, 0.2) is 0 Å². The first-order valence-electron chi connectivity index (χ1n) is 8.42. The van der Waals surface area contributed by atoms with Crippen molar-refractivity contribution in [3.8, 4) is 0 Å². The lowest BCUT2D eigenvalue weighted by Gasteiger charge is -2.31. The number of ether oxygens (including phenoxy) is 1. The first kappa shape index (κ1) is 16.2. The molecule has 0 saturated carbocycles. The average Bonchev–Trinajstić information content (AvgIpc) is 3.01. The summed E-state index contributed by atoms with van der Waals surface area (Å²) in [6.45, 7) is 6.94. The normalized spacial score (nSPS) is 25.5. The zero-order chi connectivity index (χ0) is 16.4. The molecule has 23 heavy (non-hydrogen) atoms. The summed E-state index contributed by atoms with van der Waals surface area (Å²) in [5.74, 6) is 0.189. The van der Waals surface area contributed by atoms with Crippen molar-refractivity contribution in [1.82, 2.24) is 10.0 Å². The second kappa shape index (κ2) is 6.46. The Kier molecular flexibility index (Phi) is 4.55. The average molecular weight is 314 g/mol. The molecular formula is C19H26N2O2. The van der Waals surface area contributed by atoms with E-state index in [9.17, 15) is 4.79 Å². The van der Waals surface area contributed by atoms with Crippen molar-refractivity contribution in [2.24, 2.45) is 0 Å². The minimum absolute atomic E-state index is 0.125. The third-order valence-electron chi connectivity index (χ3n) is 4.26. The van der Waals surface area contributed by atoms with Crippen LogP contribution < -0.4 is 0 Å². The van der Waals surface area contributed by atoms with Crippen molar-refractivity contribution in [3.05, 3.63) is 42.0 Å². The van der Waals surface area contributed by atoms with Gasteiger partial charge in [0.05, 0.1) is 5.60 Å².